The summed E-state index contributed by atoms with van der Waals surface area (Å²) in [7, 11) is 1.97. The number of ether oxygens (including phenoxy) is 1. The second-order valence-electron chi connectivity index (χ2n) is 5.79. The van der Waals surface area contributed by atoms with Gasteiger partial charge >= 0.3 is 5.97 Å². The Labute approximate surface area is 125 Å². The van der Waals surface area contributed by atoms with Gasteiger partial charge in [-0.05, 0) is 34.7 Å². The number of likely N-dealkylation sites (N-methyl/N-ethyl adjacent to an activating group) is 1. The number of hydrogen-bond acceptors (Lipinski definition) is 4. The second kappa shape index (κ2) is 6.15. The smallest absolute Gasteiger partial charge is 0.310 e. The Balaban J connectivity index is 2.25. The van der Waals surface area contributed by atoms with Gasteiger partial charge < -0.3 is 9.84 Å². The molecule has 118 valence electrons. The van der Waals surface area contributed by atoms with Crippen LogP contribution < -0.4 is 0 Å². The maximum absolute atomic E-state index is 11.3. The molecule has 1 fully saturated rings. The van der Waals surface area contributed by atoms with Crippen molar-refractivity contribution in [3.05, 3.63) is 17.0 Å². The molecule has 0 radical (unpaired) electrons. The molecule has 1 aromatic rings. The Morgan fingerprint density at radius 3 is 2.71 bits per heavy atom. The number of rotatable bonds is 5. The van der Waals surface area contributed by atoms with E-state index in [4.69, 9.17) is 4.74 Å². The standard InChI is InChI=1S/C15H25N3O3/c1-6-18-11(4)14(9(2)16-18)10(3)17(5)13-8-21-7-12(13)15(19)20/h10,12-13H,6-8H2,1-5H3,(H,19,20). The summed E-state index contributed by atoms with van der Waals surface area (Å²) < 4.78 is 7.38. The van der Waals surface area contributed by atoms with Gasteiger partial charge in [-0.15, -0.1) is 0 Å². The van der Waals surface area contributed by atoms with Crippen LogP contribution in [0.1, 0.15) is 36.8 Å². The van der Waals surface area contributed by atoms with Crippen molar-refractivity contribution in [1.82, 2.24) is 14.7 Å². The number of aliphatic carboxylic acids is 1. The fraction of sp³-hybridized carbons (Fsp3) is 0.733. The van der Waals surface area contributed by atoms with Gasteiger partial charge in [-0.1, -0.05) is 0 Å². The first-order chi connectivity index (χ1) is 9.88. The van der Waals surface area contributed by atoms with Crippen LogP contribution in [0.15, 0.2) is 0 Å². The van der Waals surface area contributed by atoms with Crippen LogP contribution >= 0.6 is 0 Å². The van der Waals surface area contributed by atoms with Crippen molar-refractivity contribution >= 4 is 5.97 Å². The molecule has 3 unspecified atom stereocenters. The summed E-state index contributed by atoms with van der Waals surface area (Å²) in [6.45, 7) is 9.87. The average Bonchev–Trinajstić information content (AvgIpc) is 3.02. The zero-order chi connectivity index (χ0) is 15.7. The molecular weight excluding hydrogens is 270 g/mol. The maximum Gasteiger partial charge on any atom is 0.310 e. The molecule has 6 nitrogen and oxygen atoms in total. The van der Waals surface area contributed by atoms with E-state index in [0.29, 0.717) is 13.2 Å². The number of aryl methyl sites for hydroxylation is 2. The lowest BCUT2D eigenvalue weighted by Crippen LogP contribution is -2.42. The topological polar surface area (TPSA) is 67.6 Å². The van der Waals surface area contributed by atoms with Crippen LogP contribution in [0.25, 0.3) is 0 Å². The second-order valence-corrected chi connectivity index (χ2v) is 5.79. The number of carboxylic acids is 1. The van der Waals surface area contributed by atoms with E-state index in [2.05, 4.69) is 30.8 Å². The predicted octanol–water partition coefficient (Wildman–Crippen LogP) is 1.61. The first kappa shape index (κ1) is 16.0. The maximum atomic E-state index is 11.3. The van der Waals surface area contributed by atoms with Crippen LogP contribution in [-0.4, -0.2) is 52.1 Å². The monoisotopic (exact) mass is 295 g/mol. The highest BCUT2D eigenvalue weighted by Gasteiger charge is 2.39. The summed E-state index contributed by atoms with van der Waals surface area (Å²) in [5.41, 5.74) is 3.36. The molecule has 6 heteroatoms. The lowest BCUT2D eigenvalue weighted by atomic mass is 9.98. The van der Waals surface area contributed by atoms with Gasteiger partial charge in [-0.25, -0.2) is 0 Å². The Morgan fingerprint density at radius 1 is 1.52 bits per heavy atom. The molecule has 2 rings (SSSR count). The van der Waals surface area contributed by atoms with E-state index in [1.54, 1.807) is 0 Å². The quantitative estimate of drug-likeness (QED) is 0.894. The lowest BCUT2D eigenvalue weighted by Gasteiger charge is -2.32. The Bertz CT molecular complexity index is 526. The zero-order valence-electron chi connectivity index (χ0n) is 13.5. The summed E-state index contributed by atoms with van der Waals surface area (Å²) in [4.78, 5) is 13.5. The van der Waals surface area contributed by atoms with Crippen molar-refractivity contribution in [3.8, 4) is 0 Å². The molecule has 1 aromatic heterocycles. The van der Waals surface area contributed by atoms with Crippen molar-refractivity contribution in [1.29, 1.82) is 0 Å². The van der Waals surface area contributed by atoms with Gasteiger partial charge in [0.25, 0.3) is 0 Å². The molecule has 0 bridgehead atoms. The Hall–Kier alpha value is -1.40. The molecule has 0 amide bonds. The molecule has 1 N–H and O–H groups in total. The Morgan fingerprint density at radius 2 is 2.19 bits per heavy atom. The SMILES string of the molecule is CCn1nc(C)c(C(C)N(C)C2COCC2C(=O)O)c1C. The highest BCUT2D eigenvalue weighted by atomic mass is 16.5. The van der Waals surface area contributed by atoms with Gasteiger partial charge in [0.15, 0.2) is 0 Å². The zero-order valence-corrected chi connectivity index (χ0v) is 13.5. The number of aromatic nitrogens is 2. The molecule has 3 atom stereocenters. The van der Waals surface area contributed by atoms with Crippen molar-refractivity contribution in [2.75, 3.05) is 20.3 Å². The molecule has 0 spiro atoms. The van der Waals surface area contributed by atoms with Gasteiger partial charge in [0.05, 0.1) is 24.8 Å². The normalized spacial score (nSPS) is 23.7. The van der Waals surface area contributed by atoms with Crippen molar-refractivity contribution < 1.29 is 14.6 Å². The summed E-state index contributed by atoms with van der Waals surface area (Å²) in [5.74, 6) is -1.24. The van der Waals surface area contributed by atoms with E-state index in [1.165, 1.54) is 5.56 Å². The molecule has 0 aromatic carbocycles. The van der Waals surface area contributed by atoms with Crippen LogP contribution in [0.2, 0.25) is 0 Å². The van der Waals surface area contributed by atoms with E-state index >= 15 is 0 Å². The van der Waals surface area contributed by atoms with E-state index in [9.17, 15) is 9.90 Å². The molecular formula is C15H25N3O3. The van der Waals surface area contributed by atoms with Gasteiger partial charge in [-0.2, -0.15) is 5.10 Å². The summed E-state index contributed by atoms with van der Waals surface area (Å²) in [6.07, 6.45) is 0. The largest absolute Gasteiger partial charge is 0.481 e. The predicted molar refractivity (Wildman–Crippen MR) is 79.3 cm³/mol. The Kier molecular flexibility index (Phi) is 4.68. The van der Waals surface area contributed by atoms with Crippen molar-refractivity contribution in [2.45, 2.75) is 46.3 Å². The van der Waals surface area contributed by atoms with Crippen LogP contribution in [0, 0.1) is 19.8 Å². The van der Waals surface area contributed by atoms with E-state index in [-0.39, 0.29) is 12.1 Å². The summed E-state index contributed by atoms with van der Waals surface area (Å²) >= 11 is 0. The summed E-state index contributed by atoms with van der Waals surface area (Å²) in [5, 5.41) is 13.9. The minimum atomic E-state index is -0.783. The van der Waals surface area contributed by atoms with E-state index in [0.717, 1.165) is 17.9 Å². The minimum absolute atomic E-state index is 0.0960. The average molecular weight is 295 g/mol. The van der Waals surface area contributed by atoms with Crippen LogP contribution in [0.3, 0.4) is 0 Å². The third kappa shape index (κ3) is 2.82. The molecule has 1 aliphatic rings. The van der Waals surface area contributed by atoms with Crippen LogP contribution in [0.5, 0.6) is 0 Å². The molecule has 0 aliphatic carbocycles. The van der Waals surface area contributed by atoms with Gasteiger partial charge in [-0.3, -0.25) is 14.4 Å². The highest BCUT2D eigenvalue weighted by molar-refractivity contribution is 5.71. The van der Waals surface area contributed by atoms with Gasteiger partial charge in [0.1, 0.15) is 0 Å². The van der Waals surface area contributed by atoms with E-state index < -0.39 is 11.9 Å². The first-order valence-corrected chi connectivity index (χ1v) is 7.44. The molecule has 0 saturated carbocycles. The third-order valence-corrected chi connectivity index (χ3v) is 4.66. The highest BCUT2D eigenvalue weighted by Crippen LogP contribution is 2.30. The van der Waals surface area contributed by atoms with E-state index in [1.807, 2.05) is 18.7 Å². The number of hydrogen-bond donors (Lipinski definition) is 1. The summed E-state index contributed by atoms with van der Waals surface area (Å²) in [6, 6.07) is 0.0140. The van der Waals surface area contributed by atoms with Gasteiger partial charge in [0, 0.05) is 29.9 Å². The third-order valence-electron chi connectivity index (χ3n) is 4.66. The molecule has 21 heavy (non-hydrogen) atoms. The molecule has 1 aliphatic heterocycles. The number of nitrogens with zero attached hydrogens (tertiary/aromatic N) is 3. The van der Waals surface area contributed by atoms with Crippen LogP contribution in [0.4, 0.5) is 0 Å². The number of carboxylic acid groups (broad SMARTS) is 1. The fourth-order valence-corrected chi connectivity index (χ4v) is 3.29. The molecule has 1 saturated heterocycles. The van der Waals surface area contributed by atoms with Crippen molar-refractivity contribution in [3.63, 3.8) is 0 Å². The minimum Gasteiger partial charge on any atom is -0.481 e. The van der Waals surface area contributed by atoms with Crippen molar-refractivity contribution in [2.24, 2.45) is 5.92 Å². The van der Waals surface area contributed by atoms with Gasteiger partial charge in [0.2, 0.25) is 0 Å². The lowest BCUT2D eigenvalue weighted by molar-refractivity contribution is -0.143. The molecule has 2 heterocycles. The van der Waals surface area contributed by atoms with Crippen LogP contribution in [-0.2, 0) is 16.1 Å². The fourth-order valence-electron chi connectivity index (χ4n) is 3.29. The number of carbonyl (C=O) groups is 1. The first-order valence-electron chi connectivity index (χ1n) is 7.44.